The number of anilines is 2. The third-order valence-electron chi connectivity index (χ3n) is 6.45. The summed E-state index contributed by atoms with van der Waals surface area (Å²) in [5, 5.41) is 0.124. The first kappa shape index (κ1) is 33.2. The molecular formula is C23H27F6N7O7S. The lowest BCUT2D eigenvalue weighted by molar-refractivity contribution is -0.201. The molecule has 2 aromatic rings. The number of carbonyl (C=O) groups excluding carboxylic acids is 2. The van der Waals surface area contributed by atoms with Crippen LogP contribution in [0.15, 0.2) is 26.5 Å². The smallest absolute Gasteiger partial charge is 0.447 e. The van der Waals surface area contributed by atoms with Crippen LogP contribution >= 0.6 is 11.8 Å². The Kier molecular flexibility index (Phi) is 9.31. The van der Waals surface area contributed by atoms with Crippen LogP contribution in [-0.2, 0) is 38.8 Å². The number of nitrogens with two attached hydrogens (primary N) is 1. The Bertz CT molecular complexity index is 1490. The van der Waals surface area contributed by atoms with Gasteiger partial charge in [-0.15, -0.1) is 11.8 Å². The normalized spacial score (nSPS) is 17.7. The van der Waals surface area contributed by atoms with Crippen molar-refractivity contribution < 1.29 is 49.9 Å². The number of ether oxygens (including phenoxy) is 1. The molecule has 0 bridgehead atoms. The third-order valence-corrected chi connectivity index (χ3v) is 7.91. The first-order chi connectivity index (χ1) is 20.4. The summed E-state index contributed by atoms with van der Waals surface area (Å²) in [4.78, 5) is 63.2. The zero-order valence-corrected chi connectivity index (χ0v) is 24.0. The summed E-state index contributed by atoms with van der Waals surface area (Å²) in [5.74, 6) is -4.86. The molecule has 2 N–H and O–H groups in total. The maximum atomic E-state index is 13.9. The Hall–Kier alpha value is -3.72. The number of thioether (sulfide) groups is 1. The molecule has 4 rings (SSSR count). The maximum absolute atomic E-state index is 13.9. The lowest BCUT2D eigenvalue weighted by atomic mass is 10.2. The Morgan fingerprint density at radius 3 is 2.32 bits per heavy atom. The molecule has 1 saturated heterocycles. The van der Waals surface area contributed by atoms with Crippen molar-refractivity contribution in [3.8, 4) is 0 Å². The number of hydroxylamine groups is 1. The zero-order chi connectivity index (χ0) is 32.6. The van der Waals surface area contributed by atoms with Crippen molar-refractivity contribution in [2.45, 2.75) is 56.1 Å². The SMILES string of the molecule is CC(C)(CN)SC1N(Cc2ncco2)c2c(n(CC(F)(F)F)c(=O)n(CC(=O)N3CCOCC3)c2=O)N1OC(=O)C(F)(F)F. The van der Waals surface area contributed by atoms with Gasteiger partial charge < -0.3 is 29.5 Å². The molecule has 0 saturated carbocycles. The highest BCUT2D eigenvalue weighted by molar-refractivity contribution is 8.01. The molecule has 1 fully saturated rings. The van der Waals surface area contributed by atoms with E-state index in [-0.39, 0.29) is 52.9 Å². The minimum atomic E-state index is -5.62. The molecule has 244 valence electrons. The Morgan fingerprint density at radius 2 is 1.77 bits per heavy atom. The van der Waals surface area contributed by atoms with E-state index in [0.29, 0.717) is 0 Å². The minimum absolute atomic E-state index is 0.0639. The molecule has 1 atom stereocenters. The second kappa shape index (κ2) is 12.3. The number of oxazole rings is 1. The van der Waals surface area contributed by atoms with Gasteiger partial charge in [0.1, 0.15) is 19.4 Å². The summed E-state index contributed by atoms with van der Waals surface area (Å²) in [6.07, 6.45) is -8.46. The molecule has 0 radical (unpaired) electrons. The van der Waals surface area contributed by atoms with E-state index in [0.717, 1.165) is 22.9 Å². The van der Waals surface area contributed by atoms with Gasteiger partial charge in [-0.1, -0.05) is 0 Å². The highest BCUT2D eigenvalue weighted by Crippen LogP contribution is 2.46. The summed E-state index contributed by atoms with van der Waals surface area (Å²) in [5.41, 5.74) is 0.321. The van der Waals surface area contributed by atoms with Crippen LogP contribution in [0.2, 0.25) is 0 Å². The van der Waals surface area contributed by atoms with Gasteiger partial charge in [0.25, 0.3) is 5.56 Å². The van der Waals surface area contributed by atoms with E-state index in [4.69, 9.17) is 14.9 Å². The lowest BCUT2D eigenvalue weighted by Gasteiger charge is -2.35. The molecule has 4 heterocycles. The van der Waals surface area contributed by atoms with Gasteiger partial charge in [-0.3, -0.25) is 14.2 Å². The molecule has 0 aromatic carbocycles. The highest BCUT2D eigenvalue weighted by atomic mass is 32.2. The van der Waals surface area contributed by atoms with Crippen molar-refractivity contribution in [3.05, 3.63) is 39.2 Å². The molecule has 2 aliphatic rings. The standard InChI is InChI=1S/C23H27F6N7O7S/c1-21(2,11-30)44-20-33(9-13-31-3-6-42-13)15-16(36(20)43-18(39)23(27,28)29)35(12-22(24,25)26)19(40)34(17(15)38)10-14(37)32-4-7-41-8-5-32/h3,6,20H,4-5,7-12,30H2,1-2H3. The van der Waals surface area contributed by atoms with E-state index in [9.17, 15) is 45.5 Å². The van der Waals surface area contributed by atoms with Gasteiger partial charge in [-0.05, 0) is 13.8 Å². The van der Waals surface area contributed by atoms with Crippen molar-refractivity contribution >= 4 is 35.1 Å². The van der Waals surface area contributed by atoms with E-state index in [1.54, 1.807) is 0 Å². The predicted octanol–water partition coefficient (Wildman–Crippen LogP) is 1.02. The molecule has 2 aromatic heterocycles. The third kappa shape index (κ3) is 7.15. The van der Waals surface area contributed by atoms with Crippen molar-refractivity contribution in [1.82, 2.24) is 19.0 Å². The van der Waals surface area contributed by atoms with Crippen molar-refractivity contribution in [1.29, 1.82) is 0 Å². The van der Waals surface area contributed by atoms with Gasteiger partial charge in [0, 0.05) is 24.4 Å². The molecule has 1 amide bonds. The van der Waals surface area contributed by atoms with Crippen molar-refractivity contribution in [2.75, 3.05) is 42.8 Å². The van der Waals surface area contributed by atoms with E-state index < -0.39 is 76.9 Å². The van der Waals surface area contributed by atoms with Gasteiger partial charge in [0.2, 0.25) is 11.8 Å². The quantitative estimate of drug-likeness (QED) is 0.382. The van der Waals surface area contributed by atoms with Crippen LogP contribution in [0.1, 0.15) is 19.7 Å². The number of amides is 1. The summed E-state index contributed by atoms with van der Waals surface area (Å²) in [6.45, 7) is -0.272. The van der Waals surface area contributed by atoms with Crippen LogP contribution in [0.25, 0.3) is 0 Å². The highest BCUT2D eigenvalue weighted by Gasteiger charge is 2.51. The second-order valence-corrected chi connectivity index (χ2v) is 12.0. The maximum Gasteiger partial charge on any atom is 0.493 e. The van der Waals surface area contributed by atoms with Crippen molar-refractivity contribution in [3.63, 3.8) is 0 Å². The van der Waals surface area contributed by atoms with E-state index in [1.165, 1.54) is 24.9 Å². The van der Waals surface area contributed by atoms with Crippen LogP contribution < -0.4 is 26.9 Å². The van der Waals surface area contributed by atoms with E-state index in [1.807, 2.05) is 0 Å². The van der Waals surface area contributed by atoms with Gasteiger partial charge in [0.15, 0.2) is 17.0 Å². The number of halogens is 6. The number of hydrogen-bond acceptors (Lipinski definition) is 12. The summed E-state index contributed by atoms with van der Waals surface area (Å²) < 4.78 is 91.3. The number of rotatable bonds is 9. The Balaban J connectivity index is 1.99. The molecular weight excluding hydrogens is 632 g/mol. The van der Waals surface area contributed by atoms with Gasteiger partial charge >= 0.3 is 24.0 Å². The lowest BCUT2D eigenvalue weighted by Crippen LogP contribution is -2.49. The zero-order valence-electron chi connectivity index (χ0n) is 23.2. The number of hydrogen-bond donors (Lipinski definition) is 1. The van der Waals surface area contributed by atoms with Gasteiger partial charge in [-0.25, -0.2) is 19.1 Å². The average molecular weight is 660 g/mol. The second-order valence-electron chi connectivity index (χ2n) is 10.2. The van der Waals surface area contributed by atoms with Crippen LogP contribution in [0.3, 0.4) is 0 Å². The number of fused-ring (bicyclic) bond motifs is 1. The number of morpholine rings is 1. The molecule has 2 aliphatic heterocycles. The Labute approximate surface area is 248 Å². The van der Waals surface area contributed by atoms with Crippen LogP contribution in [0.4, 0.5) is 37.8 Å². The summed E-state index contributed by atoms with van der Waals surface area (Å²) in [7, 11) is 0. The molecule has 21 heteroatoms. The average Bonchev–Trinajstić information content (AvgIpc) is 3.55. The fourth-order valence-electron chi connectivity index (χ4n) is 4.31. The molecule has 0 aliphatic carbocycles. The van der Waals surface area contributed by atoms with Crippen LogP contribution in [0, 0.1) is 0 Å². The topological polar surface area (TPSA) is 158 Å². The molecule has 1 unspecified atom stereocenters. The number of alkyl halides is 6. The first-order valence-corrected chi connectivity index (χ1v) is 13.7. The minimum Gasteiger partial charge on any atom is -0.447 e. The van der Waals surface area contributed by atoms with E-state index >= 15 is 0 Å². The fraction of sp³-hybridized carbons (Fsp3) is 0.609. The number of aromatic nitrogens is 3. The van der Waals surface area contributed by atoms with Crippen LogP contribution in [0.5, 0.6) is 0 Å². The van der Waals surface area contributed by atoms with Gasteiger partial charge in [0.05, 0.1) is 26.0 Å². The predicted molar refractivity (Wildman–Crippen MR) is 140 cm³/mol. The summed E-state index contributed by atoms with van der Waals surface area (Å²) in [6, 6.07) is 0. The molecule has 14 nitrogen and oxygen atoms in total. The summed E-state index contributed by atoms with van der Waals surface area (Å²) >= 11 is 0.719. The first-order valence-electron chi connectivity index (χ1n) is 12.8. The monoisotopic (exact) mass is 659 g/mol. The fourth-order valence-corrected chi connectivity index (χ4v) is 5.52. The number of carbonyl (C=O) groups is 2. The molecule has 0 spiro atoms. The number of nitrogens with zero attached hydrogens (tertiary/aromatic N) is 6. The van der Waals surface area contributed by atoms with Crippen molar-refractivity contribution in [2.24, 2.45) is 5.73 Å². The Morgan fingerprint density at radius 1 is 1.11 bits per heavy atom. The van der Waals surface area contributed by atoms with Gasteiger partial charge in [-0.2, -0.15) is 31.4 Å². The van der Waals surface area contributed by atoms with E-state index in [2.05, 4.69) is 9.82 Å². The molecule has 44 heavy (non-hydrogen) atoms. The van der Waals surface area contributed by atoms with Crippen LogP contribution in [-0.4, -0.2) is 86.3 Å². The largest absolute Gasteiger partial charge is 0.493 e.